The van der Waals surface area contributed by atoms with Gasteiger partial charge in [-0.15, -0.1) is 0 Å². The van der Waals surface area contributed by atoms with Crippen LogP contribution >= 0.6 is 0 Å². The van der Waals surface area contributed by atoms with Gasteiger partial charge in [0.05, 0.1) is 5.92 Å². The van der Waals surface area contributed by atoms with E-state index in [2.05, 4.69) is 5.32 Å². The number of likely N-dealkylation sites (tertiary alicyclic amines) is 1. The van der Waals surface area contributed by atoms with Crippen LogP contribution in [0.1, 0.15) is 45.4 Å². The van der Waals surface area contributed by atoms with Gasteiger partial charge in [0.1, 0.15) is 0 Å². The van der Waals surface area contributed by atoms with Gasteiger partial charge >= 0.3 is 5.97 Å². The largest absolute Gasteiger partial charge is 0.481 e. The number of carboxylic acids is 1. The number of rotatable bonds is 3. The van der Waals surface area contributed by atoms with Gasteiger partial charge in [0.2, 0.25) is 11.8 Å². The summed E-state index contributed by atoms with van der Waals surface area (Å²) in [5.41, 5.74) is 0. The lowest BCUT2D eigenvalue weighted by Gasteiger charge is -2.36. The van der Waals surface area contributed by atoms with Crippen molar-refractivity contribution in [2.75, 3.05) is 13.1 Å². The van der Waals surface area contributed by atoms with E-state index in [4.69, 9.17) is 5.11 Å². The Balaban J connectivity index is 1.84. The Morgan fingerprint density at radius 1 is 1.05 bits per heavy atom. The second kappa shape index (κ2) is 6.91. The average Bonchev–Trinajstić information content (AvgIpc) is 2.47. The zero-order valence-corrected chi connectivity index (χ0v) is 12.5. The number of hydrogen-bond donors (Lipinski definition) is 2. The smallest absolute Gasteiger partial charge is 0.306 e. The third-order valence-corrected chi connectivity index (χ3v) is 4.59. The molecule has 6 heteroatoms. The van der Waals surface area contributed by atoms with Gasteiger partial charge in [-0.2, -0.15) is 0 Å². The Morgan fingerprint density at radius 3 is 2.24 bits per heavy atom. The van der Waals surface area contributed by atoms with E-state index in [0.717, 1.165) is 25.7 Å². The molecule has 1 heterocycles. The number of carbonyl (C=O) groups is 3. The van der Waals surface area contributed by atoms with Crippen molar-refractivity contribution in [3.8, 4) is 0 Å². The first-order valence-corrected chi connectivity index (χ1v) is 7.76. The highest BCUT2D eigenvalue weighted by molar-refractivity contribution is 5.80. The van der Waals surface area contributed by atoms with Crippen LogP contribution in [0.25, 0.3) is 0 Å². The molecule has 21 heavy (non-hydrogen) atoms. The second-order valence-electron chi connectivity index (χ2n) is 6.20. The lowest BCUT2D eigenvalue weighted by Crippen LogP contribution is -2.48. The fraction of sp³-hybridized carbons (Fsp3) is 0.800. The van der Waals surface area contributed by atoms with Crippen LogP contribution in [0.5, 0.6) is 0 Å². The Hall–Kier alpha value is -1.59. The summed E-state index contributed by atoms with van der Waals surface area (Å²) in [6.07, 6.45) is 4.33. The van der Waals surface area contributed by atoms with E-state index in [1.54, 1.807) is 0 Å². The van der Waals surface area contributed by atoms with Crippen molar-refractivity contribution < 1.29 is 19.5 Å². The number of hydrogen-bond acceptors (Lipinski definition) is 3. The van der Waals surface area contributed by atoms with E-state index in [1.807, 2.05) is 4.90 Å². The lowest BCUT2D eigenvalue weighted by atomic mass is 9.80. The highest BCUT2D eigenvalue weighted by Crippen LogP contribution is 2.31. The molecule has 2 amide bonds. The molecule has 0 bridgehead atoms. The quantitative estimate of drug-likeness (QED) is 0.813. The predicted octanol–water partition coefficient (Wildman–Crippen LogP) is 1.00. The molecule has 0 aromatic rings. The van der Waals surface area contributed by atoms with E-state index < -0.39 is 5.97 Å². The minimum absolute atomic E-state index is 0.0312. The number of nitrogens with one attached hydrogen (secondary N) is 1. The molecule has 0 spiro atoms. The molecule has 0 aromatic carbocycles. The van der Waals surface area contributed by atoms with Gasteiger partial charge in [0.25, 0.3) is 0 Å². The van der Waals surface area contributed by atoms with Gasteiger partial charge in [-0.25, -0.2) is 0 Å². The van der Waals surface area contributed by atoms with Crippen LogP contribution in [0, 0.1) is 11.8 Å². The molecule has 2 unspecified atom stereocenters. The number of carbonyl (C=O) groups excluding carboxylic acids is 2. The van der Waals surface area contributed by atoms with Crippen molar-refractivity contribution in [1.82, 2.24) is 10.2 Å². The summed E-state index contributed by atoms with van der Waals surface area (Å²) in [6, 6.07) is 0.157. The standard InChI is InChI=1S/C15H24N2O4/c1-10(18)16-13-5-7-17(8-6-13)14(19)11-3-2-4-12(9-11)15(20)21/h11-13H,2-9H2,1H3,(H,16,18)(H,20,21). The van der Waals surface area contributed by atoms with Gasteiger partial charge in [-0.3, -0.25) is 14.4 Å². The number of piperidine rings is 1. The Morgan fingerprint density at radius 2 is 1.67 bits per heavy atom. The summed E-state index contributed by atoms with van der Waals surface area (Å²) >= 11 is 0. The number of amides is 2. The monoisotopic (exact) mass is 296 g/mol. The van der Waals surface area contributed by atoms with E-state index in [0.29, 0.717) is 25.9 Å². The van der Waals surface area contributed by atoms with Crippen LogP contribution in [-0.4, -0.2) is 46.9 Å². The molecule has 2 rings (SSSR count). The molecule has 1 aliphatic carbocycles. The summed E-state index contributed by atoms with van der Waals surface area (Å²) in [7, 11) is 0. The number of carboxylic acid groups (broad SMARTS) is 1. The van der Waals surface area contributed by atoms with Crippen LogP contribution in [0.2, 0.25) is 0 Å². The summed E-state index contributed by atoms with van der Waals surface area (Å²) in [6.45, 7) is 2.81. The first-order valence-electron chi connectivity index (χ1n) is 7.76. The lowest BCUT2D eigenvalue weighted by molar-refractivity contribution is -0.145. The number of nitrogens with zero attached hydrogens (tertiary/aromatic N) is 1. The molecule has 0 aromatic heterocycles. The molecule has 2 fully saturated rings. The summed E-state index contributed by atoms with van der Waals surface area (Å²) < 4.78 is 0. The highest BCUT2D eigenvalue weighted by Gasteiger charge is 2.34. The van der Waals surface area contributed by atoms with Crippen molar-refractivity contribution in [2.24, 2.45) is 11.8 Å². The fourth-order valence-corrected chi connectivity index (χ4v) is 3.43. The first-order chi connectivity index (χ1) is 9.97. The van der Waals surface area contributed by atoms with Gasteiger partial charge in [-0.1, -0.05) is 6.42 Å². The molecule has 2 aliphatic rings. The van der Waals surface area contributed by atoms with Gasteiger partial charge in [0.15, 0.2) is 0 Å². The topological polar surface area (TPSA) is 86.7 Å². The molecule has 1 aliphatic heterocycles. The maximum atomic E-state index is 12.5. The molecular weight excluding hydrogens is 272 g/mol. The molecule has 6 nitrogen and oxygen atoms in total. The maximum Gasteiger partial charge on any atom is 0.306 e. The molecule has 0 radical (unpaired) electrons. The second-order valence-corrected chi connectivity index (χ2v) is 6.20. The average molecular weight is 296 g/mol. The van der Waals surface area contributed by atoms with E-state index >= 15 is 0 Å². The van der Waals surface area contributed by atoms with Crippen LogP contribution in [0.15, 0.2) is 0 Å². The molecular formula is C15H24N2O4. The van der Waals surface area contributed by atoms with Gasteiger partial charge < -0.3 is 15.3 Å². The zero-order chi connectivity index (χ0) is 15.4. The van der Waals surface area contributed by atoms with Crippen LogP contribution < -0.4 is 5.32 Å². The molecule has 1 saturated heterocycles. The third-order valence-electron chi connectivity index (χ3n) is 4.59. The predicted molar refractivity (Wildman–Crippen MR) is 76.5 cm³/mol. The van der Waals surface area contributed by atoms with Crippen LogP contribution in [-0.2, 0) is 14.4 Å². The van der Waals surface area contributed by atoms with Gasteiger partial charge in [0, 0.05) is 32.0 Å². The highest BCUT2D eigenvalue weighted by atomic mass is 16.4. The Labute approximate surface area is 124 Å². The summed E-state index contributed by atoms with van der Waals surface area (Å²) in [5, 5.41) is 12.0. The molecule has 118 valence electrons. The third kappa shape index (κ3) is 4.19. The van der Waals surface area contributed by atoms with Gasteiger partial charge in [-0.05, 0) is 32.1 Å². The van der Waals surface area contributed by atoms with Crippen LogP contribution in [0.4, 0.5) is 0 Å². The fourth-order valence-electron chi connectivity index (χ4n) is 3.43. The Kier molecular flexibility index (Phi) is 5.20. The van der Waals surface area contributed by atoms with Crippen molar-refractivity contribution >= 4 is 17.8 Å². The van der Waals surface area contributed by atoms with Crippen molar-refractivity contribution in [3.63, 3.8) is 0 Å². The number of aliphatic carboxylic acids is 1. The molecule has 2 N–H and O–H groups in total. The zero-order valence-electron chi connectivity index (χ0n) is 12.5. The molecule has 1 saturated carbocycles. The minimum Gasteiger partial charge on any atom is -0.481 e. The minimum atomic E-state index is -0.781. The molecule has 2 atom stereocenters. The SMILES string of the molecule is CC(=O)NC1CCN(C(=O)C2CCCC(C(=O)O)C2)CC1. The first kappa shape index (κ1) is 15.8. The van der Waals surface area contributed by atoms with Crippen molar-refractivity contribution in [2.45, 2.75) is 51.5 Å². The normalized spacial score (nSPS) is 27.2. The van der Waals surface area contributed by atoms with E-state index in [-0.39, 0.29) is 29.7 Å². The van der Waals surface area contributed by atoms with Crippen LogP contribution in [0.3, 0.4) is 0 Å². The summed E-state index contributed by atoms with van der Waals surface area (Å²) in [5.74, 6) is -1.22. The maximum absolute atomic E-state index is 12.5. The Bertz CT molecular complexity index is 416. The van der Waals surface area contributed by atoms with E-state index in [1.165, 1.54) is 6.92 Å². The van der Waals surface area contributed by atoms with E-state index in [9.17, 15) is 14.4 Å². The summed E-state index contributed by atoms with van der Waals surface area (Å²) in [4.78, 5) is 36.4. The van der Waals surface area contributed by atoms with Crippen molar-refractivity contribution in [1.29, 1.82) is 0 Å². The van der Waals surface area contributed by atoms with Crippen molar-refractivity contribution in [3.05, 3.63) is 0 Å².